The molecule has 1 saturated heterocycles. The molecule has 0 saturated carbocycles. The topological polar surface area (TPSA) is 83.9 Å². The molecule has 1 unspecified atom stereocenters. The van der Waals surface area contributed by atoms with Crippen LogP contribution in [0.2, 0.25) is 0 Å². The summed E-state index contributed by atoms with van der Waals surface area (Å²) in [6.45, 7) is 0.512. The van der Waals surface area contributed by atoms with E-state index in [2.05, 4.69) is 4.74 Å². The Balaban J connectivity index is 2.13. The van der Waals surface area contributed by atoms with Crippen LogP contribution in [0, 0.1) is 5.92 Å². The summed E-state index contributed by atoms with van der Waals surface area (Å²) in [4.78, 5) is 37.3. The molecule has 0 aliphatic carbocycles. The fourth-order valence-corrected chi connectivity index (χ4v) is 2.40. The van der Waals surface area contributed by atoms with Crippen LogP contribution in [0.1, 0.15) is 23.2 Å². The monoisotopic (exact) mass is 291 g/mol. The molecular weight excluding hydrogens is 274 g/mol. The zero-order chi connectivity index (χ0) is 15.4. The quantitative estimate of drug-likeness (QED) is 0.649. The molecule has 6 nitrogen and oxygen atoms in total. The second-order valence-electron chi connectivity index (χ2n) is 4.89. The van der Waals surface area contributed by atoms with Gasteiger partial charge in [-0.25, -0.2) is 0 Å². The van der Waals surface area contributed by atoms with E-state index in [0.29, 0.717) is 0 Å². The third kappa shape index (κ3) is 3.21. The fourth-order valence-electron chi connectivity index (χ4n) is 2.40. The number of hydrogen-bond acceptors (Lipinski definition) is 5. The zero-order valence-electron chi connectivity index (χ0n) is 11.7. The van der Waals surface area contributed by atoms with Gasteiger partial charge in [0.15, 0.2) is 0 Å². The van der Waals surface area contributed by atoms with Gasteiger partial charge in [0.25, 0.3) is 5.91 Å². The number of amides is 1. The van der Waals surface area contributed by atoms with Crippen molar-refractivity contribution < 1.29 is 24.2 Å². The van der Waals surface area contributed by atoms with E-state index >= 15 is 0 Å². The minimum atomic E-state index is -0.808. The summed E-state index contributed by atoms with van der Waals surface area (Å²) in [7, 11) is 1.24. The van der Waals surface area contributed by atoms with Crippen molar-refractivity contribution in [2.45, 2.75) is 12.8 Å². The molecule has 1 aliphatic rings. The van der Waals surface area contributed by atoms with Gasteiger partial charge in [-0.05, 0) is 18.6 Å². The van der Waals surface area contributed by atoms with Gasteiger partial charge in [-0.2, -0.15) is 0 Å². The van der Waals surface area contributed by atoms with Crippen molar-refractivity contribution in [1.29, 1.82) is 0 Å². The number of benzene rings is 1. The van der Waals surface area contributed by atoms with Crippen LogP contribution in [0.4, 0.5) is 0 Å². The summed E-state index contributed by atoms with van der Waals surface area (Å²) in [5.74, 6) is -2.02. The summed E-state index contributed by atoms with van der Waals surface area (Å²) >= 11 is 0. The molecule has 1 heterocycles. The molecule has 1 amide bonds. The number of carbonyl (C=O) groups is 3. The van der Waals surface area contributed by atoms with Crippen LogP contribution >= 0.6 is 0 Å². The Morgan fingerprint density at radius 2 is 2.00 bits per heavy atom. The maximum atomic E-state index is 12.4. The van der Waals surface area contributed by atoms with Gasteiger partial charge in [-0.15, -0.1) is 0 Å². The highest BCUT2D eigenvalue weighted by molar-refractivity contribution is 6.01. The number of ketones is 1. The molecule has 0 bridgehead atoms. The Hall–Kier alpha value is -2.37. The number of hydrogen-bond donors (Lipinski definition) is 1. The van der Waals surface area contributed by atoms with Crippen LogP contribution in [0.5, 0.6) is 5.75 Å². The molecule has 1 aromatic rings. The number of nitrogens with zero attached hydrogens (tertiary/aromatic N) is 1. The standard InChI is InChI=1S/C15H17NO5/c1-21-15(20)11-6-8-16(9-7-13(11)18)14(19)10-4-2-3-5-12(10)17/h2-5,11,17H,6-9H2,1H3. The van der Waals surface area contributed by atoms with Crippen molar-refractivity contribution in [3.63, 3.8) is 0 Å². The number of methoxy groups -OCH3 is 1. The molecule has 2 rings (SSSR count). The average molecular weight is 291 g/mol. The fraction of sp³-hybridized carbons (Fsp3) is 0.400. The molecule has 0 aromatic heterocycles. The Kier molecular flexibility index (Phi) is 4.57. The van der Waals surface area contributed by atoms with E-state index in [4.69, 9.17) is 0 Å². The smallest absolute Gasteiger partial charge is 0.316 e. The van der Waals surface area contributed by atoms with E-state index in [1.807, 2.05) is 0 Å². The number of phenolic OH excluding ortho intramolecular Hbond substituents is 1. The van der Waals surface area contributed by atoms with Gasteiger partial charge in [-0.1, -0.05) is 12.1 Å². The third-order valence-corrected chi connectivity index (χ3v) is 3.61. The van der Waals surface area contributed by atoms with E-state index in [9.17, 15) is 19.5 Å². The Morgan fingerprint density at radius 1 is 1.29 bits per heavy atom. The summed E-state index contributed by atoms with van der Waals surface area (Å²) < 4.78 is 4.61. The van der Waals surface area contributed by atoms with Crippen LogP contribution in [-0.4, -0.2) is 47.9 Å². The van der Waals surface area contributed by atoms with E-state index < -0.39 is 11.9 Å². The van der Waals surface area contributed by atoms with Crippen molar-refractivity contribution in [2.24, 2.45) is 5.92 Å². The van der Waals surface area contributed by atoms with Crippen molar-refractivity contribution in [2.75, 3.05) is 20.2 Å². The van der Waals surface area contributed by atoms with Crippen LogP contribution in [0.25, 0.3) is 0 Å². The lowest BCUT2D eigenvalue weighted by Crippen LogP contribution is -2.32. The van der Waals surface area contributed by atoms with Gasteiger partial charge in [0.2, 0.25) is 0 Å². The number of ether oxygens (including phenoxy) is 1. The largest absolute Gasteiger partial charge is 0.507 e. The summed E-state index contributed by atoms with van der Waals surface area (Å²) in [5.41, 5.74) is 0.196. The van der Waals surface area contributed by atoms with Crippen LogP contribution in [0.15, 0.2) is 24.3 Å². The minimum absolute atomic E-state index is 0.0948. The van der Waals surface area contributed by atoms with Gasteiger partial charge in [0.05, 0.1) is 12.7 Å². The van der Waals surface area contributed by atoms with Crippen LogP contribution in [0.3, 0.4) is 0 Å². The first-order valence-corrected chi connectivity index (χ1v) is 6.72. The molecule has 0 spiro atoms. The predicted octanol–water partition coefficient (Wildman–Crippen LogP) is 0.986. The van der Waals surface area contributed by atoms with Crippen molar-refractivity contribution in [1.82, 2.24) is 4.90 Å². The average Bonchev–Trinajstić information content (AvgIpc) is 2.68. The third-order valence-electron chi connectivity index (χ3n) is 3.61. The van der Waals surface area contributed by atoms with E-state index in [1.165, 1.54) is 24.1 Å². The van der Waals surface area contributed by atoms with E-state index in [-0.39, 0.29) is 48.9 Å². The molecular formula is C15H17NO5. The first kappa shape index (κ1) is 15.0. The summed E-state index contributed by atoms with van der Waals surface area (Å²) in [6, 6.07) is 6.26. The highest BCUT2D eigenvalue weighted by Crippen LogP contribution is 2.21. The molecule has 1 atom stereocenters. The number of phenols is 1. The van der Waals surface area contributed by atoms with Crippen molar-refractivity contribution in [3.05, 3.63) is 29.8 Å². The van der Waals surface area contributed by atoms with Gasteiger partial charge in [0.1, 0.15) is 17.5 Å². The lowest BCUT2D eigenvalue weighted by Gasteiger charge is -2.20. The number of para-hydroxylation sites is 1. The lowest BCUT2D eigenvalue weighted by molar-refractivity contribution is -0.149. The molecule has 1 aliphatic heterocycles. The summed E-state index contributed by atoms with van der Waals surface area (Å²) in [6.07, 6.45) is 0.351. The van der Waals surface area contributed by atoms with E-state index in [1.54, 1.807) is 12.1 Å². The first-order valence-electron chi connectivity index (χ1n) is 6.72. The van der Waals surface area contributed by atoms with Gasteiger partial charge in [0, 0.05) is 19.5 Å². The molecule has 112 valence electrons. The second-order valence-corrected chi connectivity index (χ2v) is 4.89. The van der Waals surface area contributed by atoms with Crippen molar-refractivity contribution in [3.8, 4) is 5.75 Å². The number of esters is 1. The van der Waals surface area contributed by atoms with Crippen LogP contribution < -0.4 is 0 Å². The second kappa shape index (κ2) is 6.39. The normalized spacial score (nSPS) is 19.0. The highest BCUT2D eigenvalue weighted by atomic mass is 16.5. The van der Waals surface area contributed by atoms with Crippen LogP contribution in [-0.2, 0) is 14.3 Å². The molecule has 21 heavy (non-hydrogen) atoms. The zero-order valence-corrected chi connectivity index (χ0v) is 11.7. The maximum absolute atomic E-state index is 12.4. The van der Waals surface area contributed by atoms with E-state index in [0.717, 1.165) is 0 Å². The SMILES string of the molecule is COC(=O)C1CCN(C(=O)c2ccccc2O)CCC1=O. The van der Waals surface area contributed by atoms with Crippen molar-refractivity contribution >= 4 is 17.7 Å². The molecule has 1 fully saturated rings. The first-order chi connectivity index (χ1) is 10.0. The summed E-state index contributed by atoms with van der Waals surface area (Å²) in [5, 5.41) is 9.72. The molecule has 0 radical (unpaired) electrons. The minimum Gasteiger partial charge on any atom is -0.507 e. The highest BCUT2D eigenvalue weighted by Gasteiger charge is 2.32. The number of carbonyl (C=O) groups excluding carboxylic acids is 3. The number of likely N-dealkylation sites (tertiary alicyclic amines) is 1. The van der Waals surface area contributed by atoms with Gasteiger partial charge >= 0.3 is 5.97 Å². The van der Waals surface area contributed by atoms with Gasteiger partial charge in [-0.3, -0.25) is 14.4 Å². The lowest BCUT2D eigenvalue weighted by atomic mass is 10.00. The number of rotatable bonds is 2. The Bertz CT molecular complexity index is 569. The Morgan fingerprint density at radius 3 is 2.67 bits per heavy atom. The Labute approximate surface area is 122 Å². The number of aromatic hydroxyl groups is 1. The number of Topliss-reactive ketones (excluding diaryl/α,β-unsaturated/α-hetero) is 1. The molecule has 6 heteroatoms. The predicted molar refractivity (Wildman–Crippen MR) is 73.8 cm³/mol. The maximum Gasteiger partial charge on any atom is 0.316 e. The molecule has 1 aromatic carbocycles. The van der Waals surface area contributed by atoms with Gasteiger partial charge < -0.3 is 14.7 Å². The molecule has 1 N–H and O–H groups in total.